The van der Waals surface area contributed by atoms with E-state index in [2.05, 4.69) is 0 Å². The van der Waals surface area contributed by atoms with Gasteiger partial charge in [-0.15, -0.1) is 0 Å². The van der Waals surface area contributed by atoms with E-state index >= 15 is 0 Å². The van der Waals surface area contributed by atoms with Crippen LogP contribution in [0.4, 0.5) is 9.59 Å². The highest BCUT2D eigenvalue weighted by molar-refractivity contribution is 6.74. The van der Waals surface area contributed by atoms with Gasteiger partial charge in [0.25, 0.3) is 0 Å². The van der Waals surface area contributed by atoms with E-state index in [-0.39, 0.29) is 52.7 Å². The molecule has 0 spiro atoms. The van der Waals surface area contributed by atoms with Crippen molar-refractivity contribution in [1.29, 1.82) is 0 Å². The van der Waals surface area contributed by atoms with E-state index < -0.39 is 30.1 Å². The minimum Gasteiger partial charge on any atom is -0.450 e. The minimum atomic E-state index is -4.00. The monoisotopic (exact) mass is 512 g/mol. The number of hydrogen-bond acceptors (Lipinski definition) is 9. The van der Waals surface area contributed by atoms with Crippen molar-refractivity contribution in [3.63, 3.8) is 0 Å². The summed E-state index contributed by atoms with van der Waals surface area (Å²) in [4.78, 5) is 26.0. The molecule has 0 saturated heterocycles. The van der Waals surface area contributed by atoms with Gasteiger partial charge >= 0.3 is 30.1 Å². The summed E-state index contributed by atoms with van der Waals surface area (Å²) in [6, 6.07) is 0. The van der Waals surface area contributed by atoms with E-state index in [0.29, 0.717) is 12.8 Å². The summed E-state index contributed by atoms with van der Waals surface area (Å²) in [5.74, 6) is 0. The van der Waals surface area contributed by atoms with Gasteiger partial charge < -0.3 is 31.3 Å². The molecule has 0 radical (unpaired) electrons. The number of rotatable bonds is 18. The molecule has 0 aliphatic carbocycles. The maximum absolute atomic E-state index is 13.0. The summed E-state index contributed by atoms with van der Waals surface area (Å²) >= 11 is 0. The van der Waals surface area contributed by atoms with Gasteiger partial charge in [-0.25, -0.2) is 9.59 Å². The molecular formula is C20H44N2O9Si2. The summed E-state index contributed by atoms with van der Waals surface area (Å²) < 4.78 is 44.2. The Bertz CT molecular complexity index is 500. The first-order valence-electron chi connectivity index (χ1n) is 12.0. The Morgan fingerprint density at radius 1 is 0.545 bits per heavy atom. The van der Waals surface area contributed by atoms with Crippen LogP contribution in [0.3, 0.4) is 0 Å². The highest BCUT2D eigenvalue weighted by Gasteiger charge is 2.65. The van der Waals surface area contributed by atoms with E-state index in [0.717, 1.165) is 0 Å². The van der Waals surface area contributed by atoms with Crippen molar-refractivity contribution in [3.05, 3.63) is 0 Å². The van der Waals surface area contributed by atoms with E-state index in [9.17, 15) is 9.59 Å². The third-order valence-corrected chi connectivity index (χ3v) is 10.9. The van der Waals surface area contributed by atoms with Gasteiger partial charge in [0.05, 0.1) is 13.2 Å². The second-order valence-corrected chi connectivity index (χ2v) is 11.7. The van der Waals surface area contributed by atoms with Gasteiger partial charge in [-0.3, -0.25) is 9.13 Å². The van der Waals surface area contributed by atoms with Gasteiger partial charge in [0.1, 0.15) is 0 Å². The van der Waals surface area contributed by atoms with Crippen LogP contribution in [-0.4, -0.2) is 92.0 Å². The molecule has 0 unspecified atom stereocenters. The second kappa shape index (κ2) is 17.2. The van der Waals surface area contributed by atoms with Crippen molar-refractivity contribution in [2.45, 2.75) is 68.2 Å². The molecule has 11 nitrogen and oxygen atoms in total. The van der Waals surface area contributed by atoms with Crippen LogP contribution < -0.4 is 0 Å². The van der Waals surface area contributed by atoms with Crippen molar-refractivity contribution >= 4 is 30.1 Å². The third kappa shape index (κ3) is 9.15. The zero-order chi connectivity index (χ0) is 25.3. The van der Waals surface area contributed by atoms with Crippen molar-refractivity contribution in [2.24, 2.45) is 0 Å². The molecule has 0 fully saturated rings. The molecule has 2 amide bonds. The molecule has 0 aliphatic rings. The summed E-state index contributed by atoms with van der Waals surface area (Å²) in [5.41, 5.74) is 0. The lowest BCUT2D eigenvalue weighted by Crippen LogP contribution is -2.74. The van der Waals surface area contributed by atoms with Crippen LogP contribution in [0.5, 0.6) is 0 Å². The maximum atomic E-state index is 13.0. The quantitative estimate of drug-likeness (QED) is 0.254. The summed E-state index contributed by atoms with van der Waals surface area (Å²) in [7, 11) is -7.99. The zero-order valence-electron chi connectivity index (χ0n) is 21.6. The van der Waals surface area contributed by atoms with Crippen LogP contribution in [0, 0.1) is 0 Å². The largest absolute Gasteiger partial charge is 0.632 e. The molecular weight excluding hydrogens is 468 g/mol. The molecule has 0 aliphatic heterocycles. The van der Waals surface area contributed by atoms with Crippen molar-refractivity contribution < 1.29 is 40.9 Å². The van der Waals surface area contributed by atoms with Crippen LogP contribution in [0.2, 0.25) is 0 Å². The molecule has 0 saturated carbocycles. The van der Waals surface area contributed by atoms with E-state index in [1.165, 1.54) is 9.13 Å². The summed E-state index contributed by atoms with van der Waals surface area (Å²) in [6.07, 6.45) is -0.0411. The first-order chi connectivity index (χ1) is 15.8. The Kier molecular flexibility index (Phi) is 16.6. The summed E-state index contributed by atoms with van der Waals surface area (Å²) in [5, 5.41) is 0. The van der Waals surface area contributed by atoms with Crippen molar-refractivity contribution in [3.8, 4) is 0 Å². The fourth-order valence-corrected chi connectivity index (χ4v) is 9.99. The highest BCUT2D eigenvalue weighted by Crippen LogP contribution is 2.28. The second-order valence-electron chi connectivity index (χ2n) is 6.58. The predicted octanol–water partition coefficient (Wildman–Crippen LogP) is 3.76. The standard InChI is InChI=1S/C20H44N2O9Si2/c1-9-17-21(19(23)25-11-3)32(27-13-5,28-14-6)31-33(29-15-7,30-16-8)22(18-10-2)20(24)26-12-4/h9-18H2,1-8H3. The number of carbonyl (C=O) groups is 2. The molecule has 0 N–H and O–H groups in total. The molecule has 0 aromatic rings. The van der Waals surface area contributed by atoms with Crippen molar-refractivity contribution in [2.75, 3.05) is 52.7 Å². The average molecular weight is 513 g/mol. The molecule has 0 aromatic carbocycles. The van der Waals surface area contributed by atoms with E-state index in [4.69, 9.17) is 31.3 Å². The first-order valence-corrected chi connectivity index (χ1v) is 15.3. The van der Waals surface area contributed by atoms with E-state index in [1.54, 1.807) is 41.5 Å². The molecule has 0 aromatic heterocycles. The van der Waals surface area contributed by atoms with Crippen molar-refractivity contribution in [1.82, 2.24) is 9.13 Å². The Morgan fingerprint density at radius 3 is 1.06 bits per heavy atom. The molecule has 0 bridgehead atoms. The van der Waals surface area contributed by atoms with Crippen LogP contribution in [0.25, 0.3) is 0 Å². The Morgan fingerprint density at radius 2 is 0.848 bits per heavy atom. The van der Waals surface area contributed by atoms with Gasteiger partial charge in [-0.05, 0) is 54.4 Å². The van der Waals surface area contributed by atoms with Gasteiger partial charge in [0, 0.05) is 39.5 Å². The van der Waals surface area contributed by atoms with E-state index in [1.807, 2.05) is 13.8 Å². The van der Waals surface area contributed by atoms with Gasteiger partial charge in [0.15, 0.2) is 0 Å². The Labute approximate surface area is 201 Å². The van der Waals surface area contributed by atoms with Crippen LogP contribution >= 0.6 is 0 Å². The Hall–Kier alpha value is -1.23. The molecule has 33 heavy (non-hydrogen) atoms. The number of carbonyl (C=O) groups excluding carboxylic acids is 2. The van der Waals surface area contributed by atoms with Gasteiger partial charge in [-0.1, -0.05) is 13.8 Å². The Balaban J connectivity index is 6.82. The lowest BCUT2D eigenvalue weighted by atomic mass is 10.5. The predicted molar refractivity (Wildman–Crippen MR) is 127 cm³/mol. The molecule has 0 heterocycles. The smallest absolute Gasteiger partial charge is 0.450 e. The minimum absolute atomic E-state index is 0.173. The van der Waals surface area contributed by atoms with Crippen LogP contribution in [0.15, 0.2) is 0 Å². The summed E-state index contributed by atoms with van der Waals surface area (Å²) in [6.45, 7) is 16.0. The topological polar surface area (TPSA) is 105 Å². The van der Waals surface area contributed by atoms with Crippen LogP contribution in [0.1, 0.15) is 68.2 Å². The number of amides is 2. The molecule has 196 valence electrons. The number of ether oxygens (including phenoxy) is 2. The third-order valence-electron chi connectivity index (χ3n) is 4.10. The number of nitrogens with zero attached hydrogens (tertiary/aromatic N) is 2. The van der Waals surface area contributed by atoms with Gasteiger partial charge in [0.2, 0.25) is 0 Å². The van der Waals surface area contributed by atoms with Crippen LogP contribution in [-0.2, 0) is 31.3 Å². The molecule has 13 heteroatoms. The first kappa shape index (κ1) is 31.8. The average Bonchev–Trinajstić information content (AvgIpc) is 2.76. The molecule has 0 atom stereocenters. The lowest BCUT2D eigenvalue weighted by Gasteiger charge is -2.44. The molecule has 0 rings (SSSR count). The highest BCUT2D eigenvalue weighted by atomic mass is 28.5. The number of hydrogen-bond donors (Lipinski definition) is 0. The lowest BCUT2D eigenvalue weighted by molar-refractivity contribution is -0.0129. The zero-order valence-corrected chi connectivity index (χ0v) is 23.6. The fraction of sp³-hybridized carbons (Fsp3) is 0.900. The SMILES string of the molecule is CCCN(C(=O)OCC)[Si](OCC)(OCC)O[Si](OCC)(OCC)N(CCC)C(=O)OCC. The van der Waals surface area contributed by atoms with Gasteiger partial charge in [-0.2, -0.15) is 0 Å². The maximum Gasteiger partial charge on any atom is 0.632 e. The fourth-order valence-electron chi connectivity index (χ4n) is 3.05. The normalized spacial score (nSPS) is 11.9.